The summed E-state index contributed by atoms with van der Waals surface area (Å²) in [6.45, 7) is 0.373. The van der Waals surface area contributed by atoms with Gasteiger partial charge in [0.05, 0.1) is 19.8 Å². The molecule has 0 saturated heterocycles. The van der Waals surface area contributed by atoms with Crippen LogP contribution in [0, 0.1) is 0 Å². The molecule has 0 fully saturated rings. The first-order chi connectivity index (χ1) is 9.44. The van der Waals surface area contributed by atoms with Crippen molar-refractivity contribution < 1.29 is 22.6 Å². The number of hydrogen-bond donors (Lipinski definition) is 2. The van der Waals surface area contributed by atoms with Gasteiger partial charge in [-0.3, -0.25) is 0 Å². The topological polar surface area (TPSA) is 99.9 Å². The molecule has 3 N–H and O–H groups in total. The van der Waals surface area contributed by atoms with Gasteiger partial charge in [0.15, 0.2) is 0 Å². The van der Waals surface area contributed by atoms with Crippen LogP contribution in [0.25, 0.3) is 0 Å². The van der Waals surface area contributed by atoms with Gasteiger partial charge in [-0.15, -0.1) is 0 Å². The SMILES string of the molecule is COCC(CNS(=O)(=O)c1cc(N)ccc1OC)OC. The lowest BCUT2D eigenvalue weighted by Crippen LogP contribution is -2.35. The Morgan fingerprint density at radius 2 is 2.00 bits per heavy atom. The molecule has 1 atom stereocenters. The van der Waals surface area contributed by atoms with Gasteiger partial charge in [-0.2, -0.15) is 0 Å². The smallest absolute Gasteiger partial charge is 0.244 e. The van der Waals surface area contributed by atoms with Gasteiger partial charge in [0.2, 0.25) is 10.0 Å². The monoisotopic (exact) mass is 304 g/mol. The third-order valence-electron chi connectivity index (χ3n) is 2.66. The quantitative estimate of drug-likeness (QED) is 0.666. The van der Waals surface area contributed by atoms with Crippen molar-refractivity contribution in [1.29, 1.82) is 0 Å². The summed E-state index contributed by atoms with van der Waals surface area (Å²) in [5, 5.41) is 0. The maximum atomic E-state index is 12.2. The van der Waals surface area contributed by atoms with E-state index in [0.29, 0.717) is 5.69 Å². The van der Waals surface area contributed by atoms with Gasteiger partial charge in [-0.05, 0) is 18.2 Å². The van der Waals surface area contributed by atoms with E-state index in [1.165, 1.54) is 33.5 Å². The minimum atomic E-state index is -3.74. The van der Waals surface area contributed by atoms with Gasteiger partial charge >= 0.3 is 0 Å². The van der Waals surface area contributed by atoms with E-state index in [1.54, 1.807) is 6.07 Å². The number of nitrogens with two attached hydrogens (primary N) is 1. The average molecular weight is 304 g/mol. The number of rotatable bonds is 8. The molecule has 20 heavy (non-hydrogen) atoms. The van der Waals surface area contributed by atoms with Crippen LogP contribution in [0.4, 0.5) is 5.69 Å². The molecule has 114 valence electrons. The number of nitrogen functional groups attached to an aromatic ring is 1. The van der Waals surface area contributed by atoms with Crippen LogP contribution in [-0.4, -0.2) is 49.0 Å². The summed E-state index contributed by atoms with van der Waals surface area (Å²) in [7, 11) is 0.657. The van der Waals surface area contributed by atoms with E-state index in [1.807, 2.05) is 0 Å². The first-order valence-corrected chi connectivity index (χ1v) is 7.37. The van der Waals surface area contributed by atoms with Crippen molar-refractivity contribution >= 4 is 15.7 Å². The largest absolute Gasteiger partial charge is 0.495 e. The van der Waals surface area contributed by atoms with Crippen LogP contribution in [0.3, 0.4) is 0 Å². The molecule has 7 nitrogen and oxygen atoms in total. The van der Waals surface area contributed by atoms with Crippen molar-refractivity contribution in [2.45, 2.75) is 11.0 Å². The maximum Gasteiger partial charge on any atom is 0.244 e. The molecule has 8 heteroatoms. The second-order valence-corrected chi connectivity index (χ2v) is 5.81. The predicted molar refractivity (Wildman–Crippen MR) is 75.3 cm³/mol. The van der Waals surface area contributed by atoms with Crippen LogP contribution in [0.5, 0.6) is 5.75 Å². The van der Waals surface area contributed by atoms with Crippen LogP contribution >= 0.6 is 0 Å². The first kappa shape index (κ1) is 16.7. The Morgan fingerprint density at radius 3 is 2.55 bits per heavy atom. The van der Waals surface area contributed by atoms with Crippen LogP contribution in [0.2, 0.25) is 0 Å². The lowest BCUT2D eigenvalue weighted by Gasteiger charge is -2.16. The van der Waals surface area contributed by atoms with Gasteiger partial charge in [-0.25, -0.2) is 13.1 Å². The van der Waals surface area contributed by atoms with E-state index >= 15 is 0 Å². The summed E-state index contributed by atoms with van der Waals surface area (Å²) in [4.78, 5) is -0.00716. The van der Waals surface area contributed by atoms with E-state index in [0.717, 1.165) is 0 Å². The number of sulfonamides is 1. The molecule has 1 rings (SSSR count). The molecule has 0 radical (unpaired) electrons. The molecule has 0 aromatic heterocycles. The summed E-state index contributed by atoms with van der Waals surface area (Å²) >= 11 is 0. The van der Waals surface area contributed by atoms with E-state index in [4.69, 9.17) is 19.9 Å². The minimum Gasteiger partial charge on any atom is -0.495 e. The summed E-state index contributed by atoms with van der Waals surface area (Å²) < 4.78 is 42.0. The molecule has 1 aromatic rings. The Kier molecular flexibility index (Phi) is 6.21. The maximum absolute atomic E-state index is 12.2. The number of hydrogen-bond acceptors (Lipinski definition) is 6. The molecular weight excluding hydrogens is 284 g/mol. The summed E-state index contributed by atoms with van der Waals surface area (Å²) in [5.74, 6) is 0.229. The second-order valence-electron chi connectivity index (χ2n) is 4.08. The number of anilines is 1. The molecule has 0 spiro atoms. The third-order valence-corrected chi connectivity index (χ3v) is 4.11. The van der Waals surface area contributed by atoms with Gasteiger partial charge in [-0.1, -0.05) is 0 Å². The van der Waals surface area contributed by atoms with E-state index < -0.39 is 10.0 Å². The van der Waals surface area contributed by atoms with Crippen LogP contribution in [0.1, 0.15) is 0 Å². The normalized spacial score (nSPS) is 13.2. The van der Waals surface area contributed by atoms with Gasteiger partial charge in [0.25, 0.3) is 0 Å². The molecule has 1 unspecified atom stereocenters. The Balaban J connectivity index is 2.91. The van der Waals surface area contributed by atoms with Crippen molar-refractivity contribution in [2.75, 3.05) is 40.2 Å². The second kappa shape index (κ2) is 7.44. The number of methoxy groups -OCH3 is 3. The lowest BCUT2D eigenvalue weighted by atomic mass is 10.3. The highest BCUT2D eigenvalue weighted by atomic mass is 32.2. The van der Waals surface area contributed by atoms with E-state index in [9.17, 15) is 8.42 Å². The highest BCUT2D eigenvalue weighted by Crippen LogP contribution is 2.25. The van der Waals surface area contributed by atoms with Crippen molar-refractivity contribution in [3.63, 3.8) is 0 Å². The fourth-order valence-corrected chi connectivity index (χ4v) is 2.85. The van der Waals surface area contributed by atoms with Gasteiger partial charge in [0, 0.05) is 26.5 Å². The van der Waals surface area contributed by atoms with Crippen LogP contribution in [-0.2, 0) is 19.5 Å². The summed E-state index contributed by atoms with van der Waals surface area (Å²) in [5.41, 5.74) is 5.96. The van der Waals surface area contributed by atoms with Crippen LogP contribution in [0.15, 0.2) is 23.1 Å². The first-order valence-electron chi connectivity index (χ1n) is 5.89. The van der Waals surface area contributed by atoms with Crippen molar-refractivity contribution in [3.05, 3.63) is 18.2 Å². The van der Waals surface area contributed by atoms with Crippen molar-refractivity contribution in [1.82, 2.24) is 4.72 Å². The number of ether oxygens (including phenoxy) is 3. The Morgan fingerprint density at radius 1 is 1.30 bits per heavy atom. The summed E-state index contributed by atoms with van der Waals surface area (Å²) in [6, 6.07) is 4.42. The Bertz CT molecular complexity index is 533. The fourth-order valence-electron chi connectivity index (χ4n) is 1.58. The standard InChI is InChI=1S/C12H20N2O5S/c1-17-8-10(18-2)7-14-20(15,16)12-6-9(13)4-5-11(12)19-3/h4-6,10,14H,7-8,13H2,1-3H3. The zero-order chi connectivity index (χ0) is 15.2. The molecule has 0 bridgehead atoms. The molecule has 0 aliphatic heterocycles. The zero-order valence-electron chi connectivity index (χ0n) is 11.8. The van der Waals surface area contributed by atoms with Gasteiger partial charge in [0.1, 0.15) is 10.6 Å². The molecule has 0 aliphatic rings. The van der Waals surface area contributed by atoms with Crippen molar-refractivity contribution in [3.8, 4) is 5.75 Å². The van der Waals surface area contributed by atoms with E-state index in [2.05, 4.69) is 4.72 Å². The lowest BCUT2D eigenvalue weighted by molar-refractivity contribution is 0.0320. The predicted octanol–water partition coefficient (Wildman–Crippen LogP) is 0.217. The Labute approximate surface area is 119 Å². The molecular formula is C12H20N2O5S. The minimum absolute atomic E-state index is 0.00716. The van der Waals surface area contributed by atoms with Crippen LogP contribution < -0.4 is 15.2 Å². The Hall–Kier alpha value is -1.35. The molecule has 0 heterocycles. The highest BCUT2D eigenvalue weighted by molar-refractivity contribution is 7.89. The van der Waals surface area contributed by atoms with Crippen molar-refractivity contribution in [2.24, 2.45) is 0 Å². The number of benzene rings is 1. The van der Waals surface area contributed by atoms with E-state index in [-0.39, 0.29) is 29.9 Å². The highest BCUT2D eigenvalue weighted by Gasteiger charge is 2.21. The molecule has 0 saturated carbocycles. The zero-order valence-corrected chi connectivity index (χ0v) is 12.6. The number of nitrogens with one attached hydrogen (secondary N) is 1. The fraction of sp³-hybridized carbons (Fsp3) is 0.500. The third kappa shape index (κ3) is 4.34. The molecule has 0 amide bonds. The average Bonchev–Trinajstić information content (AvgIpc) is 2.43. The van der Waals surface area contributed by atoms with Gasteiger partial charge < -0.3 is 19.9 Å². The molecule has 0 aliphatic carbocycles. The summed E-state index contributed by atoms with van der Waals surface area (Å²) in [6.07, 6.45) is -0.373. The molecule has 1 aromatic carbocycles.